The molecule has 0 aromatic carbocycles. The minimum Gasteiger partial charge on any atom is -0.390 e. The van der Waals surface area contributed by atoms with Gasteiger partial charge in [0.25, 0.3) is 0 Å². The summed E-state index contributed by atoms with van der Waals surface area (Å²) in [5, 5.41) is 21.9. The predicted octanol–water partition coefficient (Wildman–Crippen LogP) is 12.5. The molecule has 1 aliphatic rings. The fraction of sp³-hybridized carbons (Fsp3) is 0.898. The van der Waals surface area contributed by atoms with Gasteiger partial charge in [-0.3, -0.25) is 9.13 Å². The fourth-order valence-electron chi connectivity index (χ4n) is 8.66. The lowest BCUT2D eigenvalue weighted by Gasteiger charge is -2.26. The van der Waals surface area contributed by atoms with Crippen molar-refractivity contribution in [3.63, 3.8) is 0 Å². The maximum atomic E-state index is 13.4. The predicted molar refractivity (Wildman–Crippen MR) is 256 cm³/mol. The number of fused-ring (bicyclic) bond motifs is 1. The standard InChI is InChI=1S/C49H92N5O8P/c1-3-5-7-9-11-13-15-17-19-21-23-25-27-29-31-33-35-59-38-42(60-36-34-32-30-28-26-24-22-20-18-16-14-12-10-8-6-4-2)39-61-63(57,58)49(56)46-43(55)37-44(62-46)54-41-53-45-47(50)51-40-52-48(45)54/h40-44,46,49,55-56H,3-39H2,1-2H3,(H,57,58)(H2,50,51,52)/t42?,43-,44+,46-,49?/m0/s1. The van der Waals surface area contributed by atoms with Crippen molar-refractivity contribution in [1.29, 1.82) is 0 Å². The fourth-order valence-corrected chi connectivity index (χ4v) is 9.83. The van der Waals surface area contributed by atoms with Gasteiger partial charge in [-0.15, -0.1) is 0 Å². The second kappa shape index (κ2) is 35.5. The van der Waals surface area contributed by atoms with Gasteiger partial charge < -0.3 is 39.6 Å². The minimum atomic E-state index is -4.67. The van der Waals surface area contributed by atoms with Crippen molar-refractivity contribution in [2.45, 2.75) is 256 Å². The maximum Gasteiger partial charge on any atom is 0.359 e. The van der Waals surface area contributed by atoms with E-state index in [0.717, 1.165) is 32.1 Å². The van der Waals surface area contributed by atoms with Crippen molar-refractivity contribution in [3.8, 4) is 0 Å². The van der Waals surface area contributed by atoms with E-state index in [1.807, 2.05) is 0 Å². The molecular weight excluding hydrogens is 818 g/mol. The topological polar surface area (TPSA) is 184 Å². The third kappa shape index (κ3) is 24.1. The summed E-state index contributed by atoms with van der Waals surface area (Å²) in [5.41, 5.74) is 6.68. The number of nitrogens with two attached hydrogens (primary N) is 1. The summed E-state index contributed by atoms with van der Waals surface area (Å²) in [6.45, 7) is 5.60. The Hall–Kier alpha value is -1.70. The average Bonchev–Trinajstić information content (AvgIpc) is 3.89. The monoisotopic (exact) mass is 910 g/mol. The Labute approximate surface area is 382 Å². The second-order valence-corrected chi connectivity index (χ2v) is 20.3. The first kappa shape index (κ1) is 55.6. The number of hydrogen-bond acceptors (Lipinski definition) is 11. The summed E-state index contributed by atoms with van der Waals surface area (Å²) in [7, 11) is -4.67. The number of unbranched alkanes of at least 4 members (excludes halogenated alkanes) is 30. The zero-order valence-corrected chi connectivity index (χ0v) is 40.8. The molecule has 1 saturated heterocycles. The van der Waals surface area contributed by atoms with Crippen LogP contribution in [0, 0.1) is 0 Å². The maximum absolute atomic E-state index is 13.4. The summed E-state index contributed by atoms with van der Waals surface area (Å²) in [4.78, 5) is 23.3. The van der Waals surface area contributed by atoms with Gasteiger partial charge in [0.2, 0.25) is 0 Å². The van der Waals surface area contributed by atoms with Gasteiger partial charge in [0.05, 0.1) is 25.6 Å². The van der Waals surface area contributed by atoms with Crippen molar-refractivity contribution in [1.82, 2.24) is 19.5 Å². The van der Waals surface area contributed by atoms with E-state index in [1.165, 1.54) is 186 Å². The molecule has 0 bridgehead atoms. The Balaban J connectivity index is 1.32. The van der Waals surface area contributed by atoms with Crippen molar-refractivity contribution >= 4 is 24.6 Å². The zero-order valence-electron chi connectivity index (χ0n) is 39.9. The third-order valence-electron chi connectivity index (χ3n) is 12.7. The van der Waals surface area contributed by atoms with Crippen LogP contribution in [0.15, 0.2) is 12.7 Å². The van der Waals surface area contributed by atoms with Gasteiger partial charge in [-0.2, -0.15) is 0 Å². The summed E-state index contributed by atoms with van der Waals surface area (Å²) < 4.78 is 38.6. The molecule has 3 unspecified atom stereocenters. The van der Waals surface area contributed by atoms with E-state index >= 15 is 0 Å². The van der Waals surface area contributed by atoms with E-state index in [9.17, 15) is 19.7 Å². The van der Waals surface area contributed by atoms with E-state index in [1.54, 1.807) is 4.57 Å². The van der Waals surface area contributed by atoms with E-state index in [0.29, 0.717) is 24.4 Å². The lowest BCUT2D eigenvalue weighted by atomic mass is 10.0. The molecule has 63 heavy (non-hydrogen) atoms. The number of aliphatic hydroxyl groups is 2. The molecule has 13 nitrogen and oxygen atoms in total. The number of ether oxygens (including phenoxy) is 3. The van der Waals surface area contributed by atoms with E-state index in [-0.39, 0.29) is 25.5 Å². The van der Waals surface area contributed by atoms with E-state index in [4.69, 9.17) is 24.5 Å². The van der Waals surface area contributed by atoms with Crippen LogP contribution in [0.25, 0.3) is 11.2 Å². The molecule has 0 radical (unpaired) electrons. The lowest BCUT2D eigenvalue weighted by Crippen LogP contribution is -2.36. The van der Waals surface area contributed by atoms with Gasteiger partial charge in [-0.1, -0.05) is 206 Å². The number of anilines is 1. The van der Waals surface area contributed by atoms with Crippen LogP contribution >= 0.6 is 7.60 Å². The highest BCUT2D eigenvalue weighted by molar-refractivity contribution is 7.53. The van der Waals surface area contributed by atoms with Gasteiger partial charge in [0.1, 0.15) is 30.3 Å². The highest BCUT2D eigenvalue weighted by atomic mass is 31.2. The molecule has 0 aliphatic carbocycles. The average molecular weight is 910 g/mol. The molecule has 5 N–H and O–H groups in total. The minimum absolute atomic E-state index is 0.0370. The molecule has 2 aromatic rings. The summed E-state index contributed by atoms with van der Waals surface area (Å²) in [6, 6.07) is 0. The van der Waals surface area contributed by atoms with Crippen molar-refractivity contribution in [2.24, 2.45) is 0 Å². The zero-order chi connectivity index (χ0) is 45.2. The Bertz CT molecular complexity index is 1440. The number of aliphatic hydroxyl groups excluding tert-OH is 2. The summed E-state index contributed by atoms with van der Waals surface area (Å²) >= 11 is 0. The first-order valence-corrected chi connectivity index (χ1v) is 27.5. The van der Waals surface area contributed by atoms with E-state index in [2.05, 4.69) is 28.8 Å². The van der Waals surface area contributed by atoms with Gasteiger partial charge in [-0.25, -0.2) is 15.0 Å². The van der Waals surface area contributed by atoms with Gasteiger partial charge in [0.15, 0.2) is 17.3 Å². The summed E-state index contributed by atoms with van der Waals surface area (Å²) in [6.07, 6.45) is 40.4. The highest BCUT2D eigenvalue weighted by Crippen LogP contribution is 2.51. The van der Waals surface area contributed by atoms with E-state index < -0.39 is 38.0 Å². The van der Waals surface area contributed by atoms with Crippen LogP contribution in [0.1, 0.15) is 232 Å². The second-order valence-electron chi connectivity index (χ2n) is 18.4. The van der Waals surface area contributed by atoms with Gasteiger partial charge >= 0.3 is 7.60 Å². The molecular formula is C49H92N5O8P. The molecule has 1 fully saturated rings. The van der Waals surface area contributed by atoms with Crippen LogP contribution in [-0.2, 0) is 23.3 Å². The molecule has 1 aliphatic heterocycles. The number of nitrogen functional groups attached to an aromatic ring is 1. The normalized spacial score (nSPS) is 18.7. The molecule has 14 heteroatoms. The third-order valence-corrected chi connectivity index (χ3v) is 14.2. The SMILES string of the molecule is CCCCCCCCCCCCCCCCCCOCC(COP(=O)(O)C(O)[C@H]1O[C@@H](n2cnc3c(N)ncnc32)C[C@@H]1O)OCCCCCCCCCCCCCCCCCC. The number of aromatic nitrogens is 4. The molecule has 366 valence electrons. The number of imidazole rings is 1. The van der Waals surface area contributed by atoms with Crippen LogP contribution < -0.4 is 5.73 Å². The van der Waals surface area contributed by atoms with Crippen LogP contribution in [0.3, 0.4) is 0 Å². The highest BCUT2D eigenvalue weighted by Gasteiger charge is 2.48. The Kier molecular flexibility index (Phi) is 31.3. The summed E-state index contributed by atoms with van der Waals surface area (Å²) in [5.74, 6) is -1.79. The molecule has 3 rings (SSSR count). The van der Waals surface area contributed by atoms with Crippen LogP contribution in [0.5, 0.6) is 0 Å². The lowest BCUT2D eigenvalue weighted by molar-refractivity contribution is -0.0688. The number of hydrogen-bond donors (Lipinski definition) is 4. The molecule has 0 saturated carbocycles. The quantitative estimate of drug-likeness (QED) is 0.0365. The Morgan fingerprint density at radius 3 is 1.60 bits per heavy atom. The van der Waals surface area contributed by atoms with Crippen LogP contribution in [-0.4, -0.2) is 85.2 Å². The largest absolute Gasteiger partial charge is 0.390 e. The Morgan fingerprint density at radius 2 is 1.13 bits per heavy atom. The van der Waals surface area contributed by atoms with Crippen LogP contribution in [0.2, 0.25) is 0 Å². The molecule has 0 amide bonds. The van der Waals surface area contributed by atoms with Crippen molar-refractivity contribution in [3.05, 3.63) is 12.7 Å². The first-order valence-electron chi connectivity index (χ1n) is 25.9. The molecule has 0 spiro atoms. The van der Waals surface area contributed by atoms with Gasteiger partial charge in [0, 0.05) is 19.6 Å². The Morgan fingerprint density at radius 1 is 0.683 bits per heavy atom. The smallest absolute Gasteiger partial charge is 0.359 e. The van der Waals surface area contributed by atoms with Crippen LogP contribution in [0.4, 0.5) is 5.82 Å². The number of rotatable bonds is 43. The molecule has 3 heterocycles. The van der Waals surface area contributed by atoms with Crippen molar-refractivity contribution < 1.29 is 38.4 Å². The first-order chi connectivity index (χ1) is 30.8. The number of nitrogens with zero attached hydrogens (tertiary/aromatic N) is 4. The van der Waals surface area contributed by atoms with Crippen molar-refractivity contribution in [2.75, 3.05) is 32.2 Å². The molecule has 2 aromatic heterocycles. The molecule has 6 atom stereocenters. The van der Waals surface area contributed by atoms with Gasteiger partial charge in [-0.05, 0) is 12.8 Å².